The summed E-state index contributed by atoms with van der Waals surface area (Å²) in [5.74, 6) is 2.53. The van der Waals surface area contributed by atoms with E-state index in [0.717, 1.165) is 36.5 Å². The van der Waals surface area contributed by atoms with Crippen molar-refractivity contribution in [1.82, 2.24) is 9.55 Å². The number of nitrogens with zero attached hydrogens (tertiary/aromatic N) is 2. The lowest BCUT2D eigenvalue weighted by Crippen LogP contribution is -2.13. The van der Waals surface area contributed by atoms with Gasteiger partial charge in [0, 0.05) is 18.5 Å². The third-order valence-electron chi connectivity index (χ3n) is 3.75. The zero-order chi connectivity index (χ0) is 14.7. The van der Waals surface area contributed by atoms with Gasteiger partial charge in [0.1, 0.15) is 11.6 Å². The minimum absolute atomic E-state index is 0.400. The maximum absolute atomic E-state index is 5.70. The molecular weight excluding hydrogens is 250 g/mol. The van der Waals surface area contributed by atoms with Crippen molar-refractivity contribution >= 4 is 11.0 Å². The van der Waals surface area contributed by atoms with Crippen LogP contribution in [0, 0.1) is 5.92 Å². The number of aromatic nitrogens is 2. The Bertz CT molecular complexity index is 574. The van der Waals surface area contributed by atoms with Gasteiger partial charge in [-0.2, -0.15) is 0 Å². The Kier molecular flexibility index (Phi) is 4.65. The summed E-state index contributed by atoms with van der Waals surface area (Å²) in [6, 6.07) is 6.49. The molecule has 0 saturated carbocycles. The highest BCUT2D eigenvalue weighted by Gasteiger charge is 2.14. The molecule has 20 heavy (non-hydrogen) atoms. The fourth-order valence-corrected chi connectivity index (χ4v) is 2.50. The molecule has 2 N–H and O–H groups in total. The number of ether oxygens (including phenoxy) is 1. The number of nitrogens with two attached hydrogens (primary N) is 1. The number of rotatable bonds is 6. The normalized spacial score (nSPS) is 13.1. The van der Waals surface area contributed by atoms with Crippen LogP contribution in [0.2, 0.25) is 0 Å². The number of aryl methyl sites for hydroxylation is 1. The van der Waals surface area contributed by atoms with Crippen LogP contribution in [0.4, 0.5) is 0 Å². The highest BCUT2D eigenvalue weighted by molar-refractivity contribution is 5.78. The number of imidazole rings is 1. The summed E-state index contributed by atoms with van der Waals surface area (Å²) in [6.07, 6.45) is 2.04. The molecule has 0 spiro atoms. The Morgan fingerprint density at radius 2 is 2.05 bits per heavy atom. The first kappa shape index (κ1) is 14.9. The van der Waals surface area contributed by atoms with Gasteiger partial charge in [0.2, 0.25) is 0 Å². The first-order valence-electron chi connectivity index (χ1n) is 7.31. The van der Waals surface area contributed by atoms with Crippen LogP contribution in [0.1, 0.15) is 39.1 Å². The fourth-order valence-electron chi connectivity index (χ4n) is 2.50. The van der Waals surface area contributed by atoms with Crippen molar-refractivity contribution in [3.63, 3.8) is 0 Å². The topological polar surface area (TPSA) is 53.1 Å². The van der Waals surface area contributed by atoms with Crippen molar-refractivity contribution < 1.29 is 4.74 Å². The minimum atomic E-state index is 0.400. The van der Waals surface area contributed by atoms with Gasteiger partial charge >= 0.3 is 0 Å². The van der Waals surface area contributed by atoms with Gasteiger partial charge in [-0.1, -0.05) is 6.92 Å². The number of fused-ring (bicyclic) bond motifs is 1. The van der Waals surface area contributed by atoms with Gasteiger partial charge in [0.15, 0.2) is 0 Å². The van der Waals surface area contributed by atoms with Crippen LogP contribution in [0.25, 0.3) is 11.0 Å². The van der Waals surface area contributed by atoms with Gasteiger partial charge in [0.05, 0.1) is 18.1 Å². The van der Waals surface area contributed by atoms with E-state index in [4.69, 9.17) is 15.5 Å². The number of hydrogen-bond donors (Lipinski definition) is 1. The molecule has 2 rings (SSSR count). The Morgan fingerprint density at radius 3 is 2.65 bits per heavy atom. The van der Waals surface area contributed by atoms with Gasteiger partial charge in [-0.25, -0.2) is 4.98 Å². The molecule has 0 fully saturated rings. The van der Waals surface area contributed by atoms with Crippen molar-refractivity contribution in [2.75, 3.05) is 13.7 Å². The molecule has 1 aromatic carbocycles. The van der Waals surface area contributed by atoms with Crippen molar-refractivity contribution in [1.29, 1.82) is 0 Å². The Balaban J connectivity index is 2.39. The fraction of sp³-hybridized carbons (Fsp3) is 0.562. The van der Waals surface area contributed by atoms with Crippen LogP contribution < -0.4 is 10.5 Å². The maximum atomic E-state index is 5.70. The molecule has 1 aromatic heterocycles. The van der Waals surface area contributed by atoms with Crippen LogP contribution >= 0.6 is 0 Å². The predicted molar refractivity (Wildman–Crippen MR) is 83.2 cm³/mol. The van der Waals surface area contributed by atoms with E-state index < -0.39 is 0 Å². The summed E-state index contributed by atoms with van der Waals surface area (Å²) < 4.78 is 7.60. The minimum Gasteiger partial charge on any atom is -0.497 e. The van der Waals surface area contributed by atoms with Crippen LogP contribution in [-0.4, -0.2) is 23.2 Å². The van der Waals surface area contributed by atoms with Crippen molar-refractivity contribution in [2.24, 2.45) is 11.7 Å². The molecule has 4 nitrogen and oxygen atoms in total. The van der Waals surface area contributed by atoms with Gasteiger partial charge in [0.25, 0.3) is 0 Å². The molecule has 0 bridgehead atoms. The number of hydrogen-bond acceptors (Lipinski definition) is 3. The highest BCUT2D eigenvalue weighted by atomic mass is 16.5. The molecule has 0 saturated heterocycles. The second-order valence-electron chi connectivity index (χ2n) is 5.73. The van der Waals surface area contributed by atoms with Crippen LogP contribution in [0.3, 0.4) is 0 Å². The predicted octanol–water partition coefficient (Wildman–Crippen LogP) is 3.15. The number of benzene rings is 1. The molecule has 110 valence electrons. The Labute approximate surface area is 120 Å². The van der Waals surface area contributed by atoms with Gasteiger partial charge in [-0.15, -0.1) is 0 Å². The standard InChI is InChI=1S/C16H25N3O/c1-11(2)19-15-7-6-13(20-4)9-14(15)18-16(19)8-5-12(3)10-17/h6-7,9,11-12H,5,8,10,17H2,1-4H3. The first-order chi connectivity index (χ1) is 9.56. The van der Waals surface area contributed by atoms with E-state index in [1.807, 2.05) is 12.1 Å². The third-order valence-corrected chi connectivity index (χ3v) is 3.75. The van der Waals surface area contributed by atoms with E-state index in [0.29, 0.717) is 12.0 Å². The van der Waals surface area contributed by atoms with Crippen LogP contribution in [-0.2, 0) is 6.42 Å². The summed E-state index contributed by atoms with van der Waals surface area (Å²) >= 11 is 0. The molecule has 0 aliphatic heterocycles. The maximum Gasteiger partial charge on any atom is 0.121 e. The van der Waals surface area contributed by atoms with Crippen molar-refractivity contribution in [2.45, 2.75) is 39.7 Å². The summed E-state index contributed by atoms with van der Waals surface area (Å²) in [4.78, 5) is 4.79. The molecule has 4 heteroatoms. The van der Waals surface area contributed by atoms with Crippen molar-refractivity contribution in [3.8, 4) is 5.75 Å². The zero-order valence-corrected chi connectivity index (χ0v) is 12.9. The van der Waals surface area contributed by atoms with E-state index in [2.05, 4.69) is 31.4 Å². The van der Waals surface area contributed by atoms with Crippen LogP contribution in [0.5, 0.6) is 5.75 Å². The SMILES string of the molecule is COc1ccc2c(c1)nc(CCC(C)CN)n2C(C)C. The van der Waals surface area contributed by atoms with E-state index in [1.165, 1.54) is 5.52 Å². The lowest BCUT2D eigenvalue weighted by atomic mass is 10.1. The average molecular weight is 275 g/mol. The molecule has 2 aromatic rings. The second kappa shape index (κ2) is 6.27. The summed E-state index contributed by atoms with van der Waals surface area (Å²) in [6.45, 7) is 7.31. The number of methoxy groups -OCH3 is 1. The molecule has 0 aliphatic rings. The van der Waals surface area contributed by atoms with E-state index in [9.17, 15) is 0 Å². The average Bonchev–Trinajstić information content (AvgIpc) is 2.81. The third kappa shape index (κ3) is 2.96. The van der Waals surface area contributed by atoms with Gasteiger partial charge in [-0.05, 0) is 44.9 Å². The zero-order valence-electron chi connectivity index (χ0n) is 12.9. The molecule has 0 radical (unpaired) electrons. The largest absolute Gasteiger partial charge is 0.497 e. The second-order valence-corrected chi connectivity index (χ2v) is 5.73. The molecular formula is C16H25N3O. The first-order valence-corrected chi connectivity index (χ1v) is 7.31. The molecule has 1 unspecified atom stereocenters. The highest BCUT2D eigenvalue weighted by Crippen LogP contribution is 2.26. The lowest BCUT2D eigenvalue weighted by molar-refractivity contribution is 0.415. The van der Waals surface area contributed by atoms with E-state index >= 15 is 0 Å². The van der Waals surface area contributed by atoms with Gasteiger partial charge < -0.3 is 15.0 Å². The smallest absolute Gasteiger partial charge is 0.121 e. The van der Waals surface area contributed by atoms with E-state index in [1.54, 1.807) is 7.11 Å². The van der Waals surface area contributed by atoms with E-state index in [-0.39, 0.29) is 0 Å². The summed E-state index contributed by atoms with van der Waals surface area (Å²) in [7, 11) is 1.68. The Morgan fingerprint density at radius 1 is 1.30 bits per heavy atom. The summed E-state index contributed by atoms with van der Waals surface area (Å²) in [5, 5.41) is 0. The van der Waals surface area contributed by atoms with Gasteiger partial charge in [-0.3, -0.25) is 0 Å². The quantitative estimate of drug-likeness (QED) is 0.881. The molecule has 0 amide bonds. The lowest BCUT2D eigenvalue weighted by Gasteiger charge is -2.14. The Hall–Kier alpha value is -1.55. The monoisotopic (exact) mass is 275 g/mol. The molecule has 1 heterocycles. The summed E-state index contributed by atoms with van der Waals surface area (Å²) in [5.41, 5.74) is 7.89. The van der Waals surface area contributed by atoms with Crippen molar-refractivity contribution in [3.05, 3.63) is 24.0 Å². The molecule has 0 aliphatic carbocycles. The molecule has 1 atom stereocenters. The van der Waals surface area contributed by atoms with Crippen LogP contribution in [0.15, 0.2) is 18.2 Å².